The van der Waals surface area contributed by atoms with E-state index in [0.29, 0.717) is 15.7 Å². The smallest absolute Gasteiger partial charge is 0.221 e. The van der Waals surface area contributed by atoms with Crippen molar-refractivity contribution in [2.75, 3.05) is 5.32 Å². The first-order chi connectivity index (χ1) is 10.9. The predicted octanol–water partition coefficient (Wildman–Crippen LogP) is 4.20. The Kier molecular flexibility index (Phi) is 5.50. The van der Waals surface area contributed by atoms with Crippen LogP contribution in [0.5, 0.6) is 5.75 Å². The molecule has 2 aromatic rings. The van der Waals surface area contributed by atoms with E-state index in [2.05, 4.69) is 21.2 Å². The van der Waals surface area contributed by atoms with Gasteiger partial charge in [-0.05, 0) is 49.4 Å². The van der Waals surface area contributed by atoms with E-state index in [1.807, 2.05) is 0 Å². The molecule has 0 aliphatic heterocycles. The number of carbonyl (C=O) groups excluding carboxylic acids is 2. The topological polar surface area (TPSA) is 55.4 Å². The SMILES string of the molecule is CC(=O)Nc1ccc(C(=O)[C@@H](C)Oc2ccc(Br)cc2F)cc1. The molecular formula is C17H15BrFNO3. The molecule has 0 aliphatic rings. The zero-order valence-electron chi connectivity index (χ0n) is 12.6. The van der Waals surface area contributed by atoms with Gasteiger partial charge in [0.2, 0.25) is 11.7 Å². The quantitative estimate of drug-likeness (QED) is 0.792. The van der Waals surface area contributed by atoms with E-state index in [-0.39, 0.29) is 17.4 Å². The number of anilines is 1. The summed E-state index contributed by atoms with van der Waals surface area (Å²) in [5, 5.41) is 2.62. The molecule has 0 spiro atoms. The fourth-order valence-electron chi connectivity index (χ4n) is 1.97. The summed E-state index contributed by atoms with van der Waals surface area (Å²) < 4.78 is 19.7. The minimum Gasteiger partial charge on any atom is -0.479 e. The zero-order valence-corrected chi connectivity index (χ0v) is 14.2. The Bertz CT molecular complexity index is 731. The molecule has 0 fully saturated rings. The van der Waals surface area contributed by atoms with Gasteiger partial charge in [0.25, 0.3) is 0 Å². The average Bonchev–Trinajstić information content (AvgIpc) is 2.49. The van der Waals surface area contributed by atoms with Crippen molar-refractivity contribution < 1.29 is 18.7 Å². The Morgan fingerprint density at radius 1 is 1.17 bits per heavy atom. The van der Waals surface area contributed by atoms with Crippen LogP contribution in [0.15, 0.2) is 46.9 Å². The number of nitrogens with one attached hydrogen (secondary N) is 1. The van der Waals surface area contributed by atoms with Gasteiger partial charge in [0.1, 0.15) is 0 Å². The van der Waals surface area contributed by atoms with Gasteiger partial charge in [-0.3, -0.25) is 9.59 Å². The van der Waals surface area contributed by atoms with Crippen LogP contribution < -0.4 is 10.1 Å². The highest BCUT2D eigenvalue weighted by Gasteiger charge is 2.18. The molecule has 0 aliphatic carbocycles. The molecule has 0 radical (unpaired) electrons. The van der Waals surface area contributed by atoms with Crippen LogP contribution in [0.4, 0.5) is 10.1 Å². The standard InChI is InChI=1S/C17H15BrFNO3/c1-10(23-16-8-5-13(18)9-15(16)19)17(22)12-3-6-14(7-4-12)20-11(2)21/h3-10H,1-2H3,(H,20,21)/t10-/m1/s1. The van der Waals surface area contributed by atoms with Crippen LogP contribution in [0.1, 0.15) is 24.2 Å². The molecule has 1 amide bonds. The minimum atomic E-state index is -0.836. The van der Waals surface area contributed by atoms with Crippen molar-refractivity contribution in [3.05, 3.63) is 58.3 Å². The van der Waals surface area contributed by atoms with E-state index in [9.17, 15) is 14.0 Å². The lowest BCUT2D eigenvalue weighted by molar-refractivity contribution is -0.114. The van der Waals surface area contributed by atoms with E-state index in [4.69, 9.17) is 4.74 Å². The molecule has 0 bridgehead atoms. The first kappa shape index (κ1) is 17.1. The second-order valence-corrected chi connectivity index (χ2v) is 5.87. The maximum Gasteiger partial charge on any atom is 0.221 e. The largest absolute Gasteiger partial charge is 0.479 e. The van der Waals surface area contributed by atoms with Gasteiger partial charge in [0, 0.05) is 22.6 Å². The maximum atomic E-state index is 13.7. The van der Waals surface area contributed by atoms with Gasteiger partial charge in [-0.1, -0.05) is 15.9 Å². The number of amides is 1. The lowest BCUT2D eigenvalue weighted by Gasteiger charge is -2.14. The highest BCUT2D eigenvalue weighted by molar-refractivity contribution is 9.10. The van der Waals surface area contributed by atoms with E-state index in [1.54, 1.807) is 37.3 Å². The molecule has 0 saturated carbocycles. The monoisotopic (exact) mass is 379 g/mol. The van der Waals surface area contributed by atoms with Crippen molar-refractivity contribution in [2.45, 2.75) is 20.0 Å². The van der Waals surface area contributed by atoms with Crippen LogP contribution in [-0.4, -0.2) is 17.8 Å². The number of carbonyl (C=O) groups is 2. The number of halogens is 2. The molecule has 0 saturated heterocycles. The highest BCUT2D eigenvalue weighted by atomic mass is 79.9. The Morgan fingerprint density at radius 2 is 1.83 bits per heavy atom. The number of rotatable bonds is 5. The number of hydrogen-bond acceptors (Lipinski definition) is 3. The molecule has 0 heterocycles. The molecule has 2 rings (SSSR count). The summed E-state index contributed by atoms with van der Waals surface area (Å²) in [5.41, 5.74) is 1.02. The van der Waals surface area contributed by atoms with Gasteiger partial charge in [-0.2, -0.15) is 0 Å². The summed E-state index contributed by atoms with van der Waals surface area (Å²) in [5.74, 6) is -0.989. The summed E-state index contributed by atoms with van der Waals surface area (Å²) in [7, 11) is 0. The van der Waals surface area contributed by atoms with Crippen molar-refractivity contribution >= 4 is 33.3 Å². The number of ketones is 1. The molecule has 1 N–H and O–H groups in total. The van der Waals surface area contributed by atoms with Gasteiger partial charge in [0.15, 0.2) is 17.7 Å². The predicted molar refractivity (Wildman–Crippen MR) is 89.3 cm³/mol. The molecule has 0 aromatic heterocycles. The first-order valence-corrected chi connectivity index (χ1v) is 7.69. The number of Topliss-reactive ketones (excluding diaryl/α,β-unsaturated/α-hetero) is 1. The third kappa shape index (κ3) is 4.63. The van der Waals surface area contributed by atoms with Crippen LogP contribution >= 0.6 is 15.9 Å². The lowest BCUT2D eigenvalue weighted by atomic mass is 10.1. The highest BCUT2D eigenvalue weighted by Crippen LogP contribution is 2.23. The number of ether oxygens (including phenoxy) is 1. The normalized spacial score (nSPS) is 11.7. The maximum absolute atomic E-state index is 13.7. The van der Waals surface area contributed by atoms with Crippen LogP contribution in [0, 0.1) is 5.82 Å². The van der Waals surface area contributed by atoms with E-state index >= 15 is 0 Å². The summed E-state index contributed by atoms with van der Waals surface area (Å²) >= 11 is 3.16. The van der Waals surface area contributed by atoms with E-state index in [0.717, 1.165) is 0 Å². The molecule has 23 heavy (non-hydrogen) atoms. The van der Waals surface area contributed by atoms with Crippen LogP contribution in [-0.2, 0) is 4.79 Å². The van der Waals surface area contributed by atoms with Crippen LogP contribution in [0.3, 0.4) is 0 Å². The van der Waals surface area contributed by atoms with Crippen molar-refractivity contribution in [2.24, 2.45) is 0 Å². The Morgan fingerprint density at radius 3 is 2.39 bits per heavy atom. The fourth-order valence-corrected chi connectivity index (χ4v) is 2.30. The van der Waals surface area contributed by atoms with E-state index in [1.165, 1.54) is 19.1 Å². The Hall–Kier alpha value is -2.21. The van der Waals surface area contributed by atoms with Gasteiger partial charge >= 0.3 is 0 Å². The van der Waals surface area contributed by atoms with Crippen molar-refractivity contribution in [1.82, 2.24) is 0 Å². The summed E-state index contributed by atoms with van der Waals surface area (Å²) in [6, 6.07) is 10.8. The van der Waals surface area contributed by atoms with Crippen LogP contribution in [0.25, 0.3) is 0 Å². The molecule has 0 unspecified atom stereocenters. The second-order valence-electron chi connectivity index (χ2n) is 4.96. The fraction of sp³-hybridized carbons (Fsp3) is 0.176. The lowest BCUT2D eigenvalue weighted by Crippen LogP contribution is -2.24. The molecular weight excluding hydrogens is 365 g/mol. The van der Waals surface area contributed by atoms with Gasteiger partial charge in [0.05, 0.1) is 0 Å². The van der Waals surface area contributed by atoms with Crippen molar-refractivity contribution in [3.63, 3.8) is 0 Å². The summed E-state index contributed by atoms with van der Waals surface area (Å²) in [6.45, 7) is 2.97. The third-order valence-electron chi connectivity index (χ3n) is 3.06. The number of benzene rings is 2. The molecule has 4 nitrogen and oxygen atoms in total. The molecule has 120 valence electrons. The van der Waals surface area contributed by atoms with Crippen LogP contribution in [0.2, 0.25) is 0 Å². The van der Waals surface area contributed by atoms with Crippen molar-refractivity contribution in [3.8, 4) is 5.75 Å². The van der Waals surface area contributed by atoms with Gasteiger partial charge in [-0.15, -0.1) is 0 Å². The average molecular weight is 380 g/mol. The van der Waals surface area contributed by atoms with E-state index < -0.39 is 11.9 Å². The van der Waals surface area contributed by atoms with Gasteiger partial charge in [-0.25, -0.2) is 4.39 Å². The third-order valence-corrected chi connectivity index (χ3v) is 3.55. The van der Waals surface area contributed by atoms with Crippen molar-refractivity contribution in [1.29, 1.82) is 0 Å². The zero-order chi connectivity index (χ0) is 17.0. The minimum absolute atomic E-state index is 0.0175. The first-order valence-electron chi connectivity index (χ1n) is 6.90. The molecule has 1 atom stereocenters. The number of hydrogen-bond donors (Lipinski definition) is 1. The van der Waals surface area contributed by atoms with Gasteiger partial charge < -0.3 is 10.1 Å². The molecule has 2 aromatic carbocycles. The summed E-state index contributed by atoms with van der Waals surface area (Å²) in [6.07, 6.45) is -0.836. The Labute approximate surface area is 141 Å². The summed E-state index contributed by atoms with van der Waals surface area (Å²) in [4.78, 5) is 23.3. The Balaban J connectivity index is 2.08. The molecule has 6 heteroatoms. The second kappa shape index (κ2) is 7.37.